The molecule has 2 atom stereocenters. The fraction of sp³-hybridized carbons (Fsp3) is 0.118. The van der Waals surface area contributed by atoms with E-state index in [9.17, 15) is 0 Å². The number of fused-ring (bicyclic) bond motifs is 12. The number of hydrogen-bond acceptors (Lipinski definition) is 6. The van der Waals surface area contributed by atoms with E-state index >= 15 is 0 Å². The maximum Gasteiger partial charge on any atom is 0.164 e. The SMILES string of the molecule is C=C/C=c1\nc2[nH]c(nc3nc(nc4nc(n/c(=C(\C=C)CC)[nH]1)-c1ccccc1-4)C(C=C)C3C=C)c1ccccc21. The zero-order chi connectivity index (χ0) is 29.2. The van der Waals surface area contributed by atoms with E-state index in [0.29, 0.717) is 52.0 Å². The first-order valence-corrected chi connectivity index (χ1v) is 13.8. The molecule has 0 fully saturated rings. The van der Waals surface area contributed by atoms with Crippen LogP contribution in [0, 0.1) is 0 Å². The van der Waals surface area contributed by atoms with Crippen LogP contribution in [0.4, 0.5) is 0 Å². The predicted molar refractivity (Wildman–Crippen MR) is 169 cm³/mol. The van der Waals surface area contributed by atoms with Gasteiger partial charge >= 0.3 is 0 Å². The maximum absolute atomic E-state index is 5.02. The standard InChI is InChI=1S/C34H30N8/c1-6-15-27-35-28(20(7-2)8-3)37-32-25-18-13-14-19-26(25)34(42-32)40-30-22(10-5)21(9-4)29(38-30)39-33-24-17-12-11-16-23(24)31(36-27)41-33/h6-7,9-19,21-22,35H,1-2,4-5,8H2,3H3,(H,36,37,38,39,40,41,42)/b27-15-,28-20+. The second kappa shape index (κ2) is 11.2. The molecular weight excluding hydrogens is 520 g/mol. The number of rotatable bonds is 5. The van der Waals surface area contributed by atoms with Crippen molar-refractivity contribution in [2.24, 2.45) is 0 Å². The highest BCUT2D eigenvalue weighted by Gasteiger charge is 2.31. The van der Waals surface area contributed by atoms with Gasteiger partial charge in [-0.15, -0.1) is 13.2 Å². The molecule has 8 heteroatoms. The number of nitrogens with zero attached hydrogens (tertiary/aromatic N) is 6. The van der Waals surface area contributed by atoms with Gasteiger partial charge in [0.25, 0.3) is 0 Å². The van der Waals surface area contributed by atoms with E-state index in [-0.39, 0.29) is 11.8 Å². The minimum absolute atomic E-state index is 0.211. The average molecular weight is 551 g/mol. The summed E-state index contributed by atoms with van der Waals surface area (Å²) in [4.78, 5) is 36.5. The zero-order valence-electron chi connectivity index (χ0n) is 23.4. The lowest BCUT2D eigenvalue weighted by Crippen LogP contribution is -2.24. The molecule has 2 aromatic carbocycles. The number of allylic oxidation sites excluding steroid dienone is 4. The Hall–Kier alpha value is -5.50. The molecule has 8 nitrogen and oxygen atoms in total. The summed E-state index contributed by atoms with van der Waals surface area (Å²) in [6.07, 6.45) is 9.64. The van der Waals surface area contributed by atoms with E-state index in [2.05, 4.69) is 43.2 Å². The second-order valence-corrected chi connectivity index (χ2v) is 9.81. The largest absolute Gasteiger partial charge is 0.325 e. The number of H-pyrrole nitrogens is 2. The molecule has 2 N–H and O–H groups in total. The Morgan fingerprint density at radius 1 is 0.714 bits per heavy atom. The molecule has 0 aliphatic carbocycles. The molecule has 2 aromatic heterocycles. The van der Waals surface area contributed by atoms with E-state index < -0.39 is 0 Å². The smallest absolute Gasteiger partial charge is 0.164 e. The number of nitrogens with one attached hydrogen (secondary N) is 2. The Bertz CT molecular complexity index is 2080. The second-order valence-electron chi connectivity index (χ2n) is 9.81. The van der Waals surface area contributed by atoms with Gasteiger partial charge in [-0.05, 0) is 18.1 Å². The fourth-order valence-corrected chi connectivity index (χ4v) is 5.25. The summed E-state index contributed by atoms with van der Waals surface area (Å²) in [7, 11) is 0. The fourth-order valence-electron chi connectivity index (χ4n) is 5.25. The lowest BCUT2D eigenvalue weighted by Gasteiger charge is -2.09. The van der Waals surface area contributed by atoms with Crippen LogP contribution in [0.3, 0.4) is 0 Å². The maximum atomic E-state index is 5.02. The molecule has 42 heavy (non-hydrogen) atoms. The van der Waals surface area contributed by atoms with E-state index in [0.717, 1.165) is 27.5 Å². The molecule has 2 unspecified atom stereocenters. The van der Waals surface area contributed by atoms with Gasteiger partial charge in [-0.25, -0.2) is 29.9 Å². The van der Waals surface area contributed by atoms with Crippen molar-refractivity contribution in [3.05, 3.63) is 122 Å². The molecular formula is C34H30N8. The summed E-state index contributed by atoms with van der Waals surface area (Å²) >= 11 is 0. The third kappa shape index (κ3) is 4.62. The topological polar surface area (TPSA) is 109 Å². The van der Waals surface area contributed by atoms with Gasteiger partial charge in [0.15, 0.2) is 11.6 Å². The highest BCUT2D eigenvalue weighted by atomic mass is 15.1. The molecule has 4 heterocycles. The zero-order valence-corrected chi connectivity index (χ0v) is 23.4. The van der Waals surface area contributed by atoms with Gasteiger partial charge in [-0.3, -0.25) is 0 Å². The summed E-state index contributed by atoms with van der Waals surface area (Å²) in [5.41, 5.74) is 5.03. The van der Waals surface area contributed by atoms with Gasteiger partial charge in [0.2, 0.25) is 0 Å². The first kappa shape index (κ1) is 26.7. The van der Waals surface area contributed by atoms with Crippen LogP contribution in [0.2, 0.25) is 0 Å². The molecule has 4 aromatic rings. The van der Waals surface area contributed by atoms with Crippen LogP contribution in [0.1, 0.15) is 36.8 Å². The Balaban J connectivity index is 1.88. The van der Waals surface area contributed by atoms with Gasteiger partial charge in [0.05, 0.1) is 11.8 Å². The van der Waals surface area contributed by atoms with Crippen LogP contribution in [-0.4, -0.2) is 39.9 Å². The molecule has 6 bridgehead atoms. The number of hydrogen-bond donors (Lipinski definition) is 2. The lowest BCUT2D eigenvalue weighted by molar-refractivity contribution is 0.744. The van der Waals surface area contributed by atoms with E-state index in [4.69, 9.17) is 29.9 Å². The van der Waals surface area contributed by atoms with Crippen molar-refractivity contribution in [3.63, 3.8) is 0 Å². The first-order valence-electron chi connectivity index (χ1n) is 13.8. The quantitative estimate of drug-likeness (QED) is 0.270. The van der Waals surface area contributed by atoms with Crippen LogP contribution in [0.25, 0.3) is 56.5 Å². The highest BCUT2D eigenvalue weighted by molar-refractivity contribution is 6.04. The van der Waals surface area contributed by atoms with Crippen molar-refractivity contribution in [1.82, 2.24) is 39.9 Å². The van der Waals surface area contributed by atoms with Crippen LogP contribution in [0.5, 0.6) is 0 Å². The van der Waals surface area contributed by atoms with Gasteiger partial charge in [0.1, 0.15) is 33.9 Å². The molecule has 0 amide bonds. The van der Waals surface area contributed by atoms with Crippen LogP contribution < -0.4 is 11.0 Å². The molecule has 0 saturated carbocycles. The predicted octanol–water partition coefficient (Wildman–Crippen LogP) is 5.74. The average Bonchev–Trinajstić information content (AvgIpc) is 3.65. The molecule has 0 saturated heterocycles. The minimum atomic E-state index is -0.218. The Kier molecular flexibility index (Phi) is 7.10. The monoisotopic (exact) mass is 550 g/mol. The highest BCUT2D eigenvalue weighted by Crippen LogP contribution is 2.38. The van der Waals surface area contributed by atoms with Crippen molar-refractivity contribution in [2.75, 3.05) is 0 Å². The normalized spacial score (nSPS) is 16.7. The molecule has 2 aliphatic heterocycles. The minimum Gasteiger partial charge on any atom is -0.325 e. The van der Waals surface area contributed by atoms with Crippen LogP contribution in [0.15, 0.2) is 99.2 Å². The van der Waals surface area contributed by atoms with E-state index in [1.165, 1.54) is 0 Å². The van der Waals surface area contributed by atoms with Crippen molar-refractivity contribution in [1.29, 1.82) is 0 Å². The van der Waals surface area contributed by atoms with Gasteiger partial charge < -0.3 is 9.97 Å². The first-order chi connectivity index (χ1) is 20.6. The summed E-state index contributed by atoms with van der Waals surface area (Å²) in [6.45, 7) is 18.1. The summed E-state index contributed by atoms with van der Waals surface area (Å²) in [6, 6.07) is 15.9. The van der Waals surface area contributed by atoms with E-state index in [1.54, 1.807) is 18.2 Å². The van der Waals surface area contributed by atoms with Crippen molar-refractivity contribution in [3.8, 4) is 22.8 Å². The molecule has 206 valence electrons. The van der Waals surface area contributed by atoms with Gasteiger partial charge in [-0.2, -0.15) is 0 Å². The van der Waals surface area contributed by atoms with Crippen molar-refractivity contribution >= 4 is 33.7 Å². The Morgan fingerprint density at radius 2 is 1.31 bits per heavy atom. The Morgan fingerprint density at radius 3 is 1.90 bits per heavy atom. The molecule has 6 rings (SSSR count). The molecule has 2 aliphatic rings. The molecule has 0 radical (unpaired) electrons. The number of aromatic nitrogens is 8. The summed E-state index contributed by atoms with van der Waals surface area (Å²) < 4.78 is 0. The summed E-state index contributed by atoms with van der Waals surface area (Å²) in [5, 5.41) is 1.83. The number of aromatic amines is 2. The Labute approximate surface area is 243 Å². The molecule has 0 spiro atoms. The number of benzene rings is 2. The van der Waals surface area contributed by atoms with Gasteiger partial charge in [-0.1, -0.05) is 92.9 Å². The summed E-state index contributed by atoms with van der Waals surface area (Å²) in [5.74, 6) is 1.79. The third-order valence-corrected chi connectivity index (χ3v) is 7.37. The van der Waals surface area contributed by atoms with Crippen LogP contribution >= 0.6 is 0 Å². The third-order valence-electron chi connectivity index (χ3n) is 7.37. The van der Waals surface area contributed by atoms with Gasteiger partial charge in [0, 0.05) is 21.9 Å². The van der Waals surface area contributed by atoms with Crippen LogP contribution in [-0.2, 0) is 0 Å². The van der Waals surface area contributed by atoms with Crippen molar-refractivity contribution < 1.29 is 0 Å². The van der Waals surface area contributed by atoms with E-state index in [1.807, 2.05) is 60.7 Å². The van der Waals surface area contributed by atoms with Crippen molar-refractivity contribution in [2.45, 2.75) is 25.2 Å². The lowest BCUT2D eigenvalue weighted by atomic mass is 9.94.